The van der Waals surface area contributed by atoms with Gasteiger partial charge in [0.05, 0.1) is 17.3 Å². The standard InChI is InChI=1S/C16H23ClN2O/c1-2-19(13-8-4-3-5-9-13)12-16(20)18-15-11-7-6-10-14(15)17/h6-7,10-11,13H,2-5,8-9,12H2,1H3,(H,18,20). The molecule has 1 fully saturated rings. The third kappa shape index (κ3) is 4.22. The zero-order chi connectivity index (χ0) is 14.4. The summed E-state index contributed by atoms with van der Waals surface area (Å²) >= 11 is 6.06. The van der Waals surface area contributed by atoms with Crippen molar-refractivity contribution in [2.45, 2.75) is 45.1 Å². The molecule has 1 amide bonds. The van der Waals surface area contributed by atoms with E-state index in [2.05, 4.69) is 17.1 Å². The number of hydrogen-bond donors (Lipinski definition) is 1. The molecule has 0 aliphatic heterocycles. The lowest BCUT2D eigenvalue weighted by molar-refractivity contribution is -0.118. The number of anilines is 1. The van der Waals surface area contributed by atoms with Crippen molar-refractivity contribution in [1.82, 2.24) is 4.90 Å². The number of hydrogen-bond acceptors (Lipinski definition) is 2. The van der Waals surface area contributed by atoms with Crippen molar-refractivity contribution in [3.8, 4) is 0 Å². The number of benzene rings is 1. The predicted octanol–water partition coefficient (Wildman–Crippen LogP) is 3.93. The minimum atomic E-state index is 0.0190. The molecule has 1 aliphatic carbocycles. The van der Waals surface area contributed by atoms with Gasteiger partial charge in [0, 0.05) is 6.04 Å². The molecule has 1 aliphatic rings. The van der Waals surface area contributed by atoms with Crippen molar-refractivity contribution in [1.29, 1.82) is 0 Å². The molecule has 110 valence electrons. The van der Waals surface area contributed by atoms with Crippen molar-refractivity contribution < 1.29 is 4.79 Å². The highest BCUT2D eigenvalue weighted by Gasteiger charge is 2.21. The number of carbonyl (C=O) groups excluding carboxylic acids is 1. The van der Waals surface area contributed by atoms with E-state index in [1.807, 2.05) is 18.2 Å². The highest BCUT2D eigenvalue weighted by molar-refractivity contribution is 6.33. The fourth-order valence-corrected chi connectivity index (χ4v) is 3.07. The Labute approximate surface area is 126 Å². The molecule has 0 saturated heterocycles. The molecule has 1 saturated carbocycles. The van der Waals surface area contributed by atoms with E-state index in [4.69, 9.17) is 11.6 Å². The van der Waals surface area contributed by atoms with Gasteiger partial charge in [-0.3, -0.25) is 9.69 Å². The van der Waals surface area contributed by atoms with E-state index in [1.165, 1.54) is 32.1 Å². The first-order valence-corrected chi connectivity index (χ1v) is 7.87. The number of halogens is 1. The summed E-state index contributed by atoms with van der Waals surface area (Å²) in [5.74, 6) is 0.0190. The average molecular weight is 295 g/mol. The quantitative estimate of drug-likeness (QED) is 0.892. The summed E-state index contributed by atoms with van der Waals surface area (Å²) in [5, 5.41) is 3.49. The first kappa shape index (κ1) is 15.3. The second kappa shape index (κ2) is 7.65. The van der Waals surface area contributed by atoms with Gasteiger partial charge in [-0.2, -0.15) is 0 Å². The van der Waals surface area contributed by atoms with E-state index in [0.717, 1.165) is 6.54 Å². The molecular formula is C16H23ClN2O. The van der Waals surface area contributed by atoms with E-state index >= 15 is 0 Å². The fourth-order valence-electron chi connectivity index (χ4n) is 2.88. The van der Waals surface area contributed by atoms with Crippen molar-refractivity contribution in [2.24, 2.45) is 0 Å². The Morgan fingerprint density at radius 2 is 2.00 bits per heavy atom. The number of nitrogens with zero attached hydrogens (tertiary/aromatic N) is 1. The third-order valence-corrected chi connectivity index (χ3v) is 4.32. The lowest BCUT2D eigenvalue weighted by Gasteiger charge is -2.32. The summed E-state index contributed by atoms with van der Waals surface area (Å²) < 4.78 is 0. The molecular weight excluding hydrogens is 272 g/mol. The Morgan fingerprint density at radius 3 is 2.65 bits per heavy atom. The molecule has 4 heteroatoms. The second-order valence-corrected chi connectivity index (χ2v) is 5.79. The number of likely N-dealkylation sites (N-methyl/N-ethyl adjacent to an activating group) is 1. The van der Waals surface area contributed by atoms with Gasteiger partial charge >= 0.3 is 0 Å². The zero-order valence-electron chi connectivity index (χ0n) is 12.1. The Kier molecular flexibility index (Phi) is 5.86. The minimum absolute atomic E-state index is 0.0190. The van der Waals surface area contributed by atoms with E-state index in [-0.39, 0.29) is 5.91 Å². The van der Waals surface area contributed by atoms with Crippen molar-refractivity contribution >= 4 is 23.2 Å². The molecule has 0 unspecified atom stereocenters. The van der Waals surface area contributed by atoms with Crippen molar-refractivity contribution in [2.75, 3.05) is 18.4 Å². The Bertz CT molecular complexity index is 444. The maximum absolute atomic E-state index is 12.2. The van der Waals surface area contributed by atoms with Crippen LogP contribution in [0, 0.1) is 0 Å². The summed E-state index contributed by atoms with van der Waals surface area (Å²) in [5.41, 5.74) is 0.693. The van der Waals surface area contributed by atoms with Gasteiger partial charge in [-0.1, -0.05) is 49.9 Å². The van der Waals surface area contributed by atoms with Gasteiger partial charge in [0.15, 0.2) is 0 Å². The van der Waals surface area contributed by atoms with Crippen molar-refractivity contribution in [3.05, 3.63) is 29.3 Å². The number of nitrogens with one attached hydrogen (secondary N) is 1. The largest absolute Gasteiger partial charge is 0.324 e. The SMILES string of the molecule is CCN(CC(=O)Nc1ccccc1Cl)C1CCCCC1. The molecule has 0 radical (unpaired) electrons. The molecule has 1 aromatic carbocycles. The van der Waals surface area contributed by atoms with E-state index in [9.17, 15) is 4.79 Å². The molecule has 1 aromatic rings. The van der Waals surface area contributed by atoms with Crippen LogP contribution in [0.5, 0.6) is 0 Å². The summed E-state index contributed by atoms with van der Waals surface area (Å²) in [4.78, 5) is 14.4. The fraction of sp³-hybridized carbons (Fsp3) is 0.562. The first-order valence-electron chi connectivity index (χ1n) is 7.49. The van der Waals surface area contributed by atoms with Gasteiger partial charge in [-0.25, -0.2) is 0 Å². The van der Waals surface area contributed by atoms with E-state index in [1.54, 1.807) is 6.07 Å². The van der Waals surface area contributed by atoms with Gasteiger partial charge in [-0.15, -0.1) is 0 Å². The van der Waals surface area contributed by atoms with Crippen LogP contribution in [0.4, 0.5) is 5.69 Å². The molecule has 0 heterocycles. The maximum Gasteiger partial charge on any atom is 0.238 e. The summed E-state index contributed by atoms with van der Waals surface area (Å²) in [6.07, 6.45) is 6.33. The summed E-state index contributed by atoms with van der Waals surface area (Å²) in [6, 6.07) is 7.91. The van der Waals surface area contributed by atoms with Gasteiger partial charge in [0.25, 0.3) is 0 Å². The van der Waals surface area contributed by atoms with Crippen LogP contribution >= 0.6 is 11.6 Å². The highest BCUT2D eigenvalue weighted by Crippen LogP contribution is 2.23. The highest BCUT2D eigenvalue weighted by atomic mass is 35.5. The molecule has 0 atom stereocenters. The predicted molar refractivity (Wildman–Crippen MR) is 84.2 cm³/mol. The number of rotatable bonds is 5. The Morgan fingerprint density at radius 1 is 1.30 bits per heavy atom. The van der Waals surface area contributed by atoms with Gasteiger partial charge in [0.1, 0.15) is 0 Å². The number of para-hydroxylation sites is 1. The third-order valence-electron chi connectivity index (χ3n) is 3.99. The van der Waals surface area contributed by atoms with Crippen LogP contribution in [0.15, 0.2) is 24.3 Å². The van der Waals surface area contributed by atoms with Crippen LogP contribution in [-0.4, -0.2) is 29.9 Å². The zero-order valence-corrected chi connectivity index (χ0v) is 12.8. The van der Waals surface area contributed by atoms with Crippen LogP contribution in [0.1, 0.15) is 39.0 Å². The van der Waals surface area contributed by atoms with Gasteiger partial charge in [-0.05, 0) is 31.5 Å². The maximum atomic E-state index is 12.2. The molecule has 0 spiro atoms. The molecule has 3 nitrogen and oxygen atoms in total. The Balaban J connectivity index is 1.90. The number of carbonyl (C=O) groups is 1. The molecule has 2 rings (SSSR count). The number of amides is 1. The average Bonchev–Trinajstić information content (AvgIpc) is 2.48. The molecule has 0 aromatic heterocycles. The lowest BCUT2D eigenvalue weighted by Crippen LogP contribution is -2.41. The van der Waals surface area contributed by atoms with Crippen molar-refractivity contribution in [3.63, 3.8) is 0 Å². The monoisotopic (exact) mass is 294 g/mol. The topological polar surface area (TPSA) is 32.3 Å². The summed E-state index contributed by atoms with van der Waals surface area (Å²) in [6.45, 7) is 3.49. The van der Waals surface area contributed by atoms with Crippen LogP contribution in [0.25, 0.3) is 0 Å². The Hall–Kier alpha value is -1.06. The smallest absolute Gasteiger partial charge is 0.238 e. The van der Waals surface area contributed by atoms with Gasteiger partial charge < -0.3 is 5.32 Å². The van der Waals surface area contributed by atoms with Crippen LogP contribution in [0.2, 0.25) is 5.02 Å². The van der Waals surface area contributed by atoms with Crippen LogP contribution < -0.4 is 5.32 Å². The van der Waals surface area contributed by atoms with Gasteiger partial charge in [0.2, 0.25) is 5.91 Å². The normalized spacial score (nSPS) is 16.4. The lowest BCUT2D eigenvalue weighted by atomic mass is 9.94. The second-order valence-electron chi connectivity index (χ2n) is 5.38. The molecule has 0 bridgehead atoms. The molecule has 20 heavy (non-hydrogen) atoms. The van der Waals surface area contributed by atoms with E-state index in [0.29, 0.717) is 23.3 Å². The van der Waals surface area contributed by atoms with E-state index < -0.39 is 0 Å². The minimum Gasteiger partial charge on any atom is -0.324 e. The van der Waals surface area contributed by atoms with Crippen LogP contribution in [0.3, 0.4) is 0 Å². The van der Waals surface area contributed by atoms with Crippen LogP contribution in [-0.2, 0) is 4.79 Å². The molecule has 1 N–H and O–H groups in total. The summed E-state index contributed by atoms with van der Waals surface area (Å²) in [7, 11) is 0. The first-order chi connectivity index (χ1) is 9.70.